The Balaban J connectivity index is 0.000000598. The molecule has 3 amide bonds. The van der Waals surface area contributed by atoms with Crippen LogP contribution in [-0.4, -0.2) is 79.7 Å². The van der Waals surface area contributed by atoms with Gasteiger partial charge in [0.1, 0.15) is 18.4 Å². The second-order valence-corrected chi connectivity index (χ2v) is 10.3. The van der Waals surface area contributed by atoms with Crippen molar-refractivity contribution in [3.8, 4) is 5.75 Å². The van der Waals surface area contributed by atoms with Gasteiger partial charge in [0.15, 0.2) is 0 Å². The van der Waals surface area contributed by atoms with E-state index in [0.29, 0.717) is 19.7 Å². The molecule has 0 fully saturated rings. The molecule has 0 saturated carbocycles. The van der Waals surface area contributed by atoms with Crippen molar-refractivity contribution < 1.29 is 24.2 Å². The normalized spacial score (nSPS) is 20.4. The van der Waals surface area contributed by atoms with Gasteiger partial charge in [-0.15, -0.1) is 0 Å². The van der Waals surface area contributed by atoms with E-state index in [-0.39, 0.29) is 24.3 Å². The lowest BCUT2D eigenvalue weighted by Crippen LogP contribution is -2.57. The number of aryl methyl sites for hydroxylation is 2. The van der Waals surface area contributed by atoms with E-state index in [0.717, 1.165) is 35.6 Å². The molecule has 40 heavy (non-hydrogen) atoms. The summed E-state index contributed by atoms with van der Waals surface area (Å²) in [5.74, 6) is -0.387. The summed E-state index contributed by atoms with van der Waals surface area (Å²) in [5, 5.41) is 19.1. The van der Waals surface area contributed by atoms with Gasteiger partial charge in [-0.3, -0.25) is 14.4 Å². The van der Waals surface area contributed by atoms with E-state index in [1.807, 2.05) is 69.3 Å². The molecule has 1 aliphatic heterocycles. The molecule has 3 rings (SSSR count). The Labute approximate surface area is 242 Å². The van der Waals surface area contributed by atoms with Crippen molar-refractivity contribution in [2.24, 2.45) is 5.92 Å². The number of hydrogen-bond acceptors (Lipinski definition) is 6. The molecule has 0 aliphatic carbocycles. The van der Waals surface area contributed by atoms with Crippen LogP contribution in [0.4, 0.5) is 0 Å². The fraction of sp³-hybridized carbons (Fsp3) is 0.500. The predicted octanol–water partition coefficient (Wildman–Crippen LogP) is 2.72. The average molecular weight is 575 g/mol. The minimum atomic E-state index is -1.08. The van der Waals surface area contributed by atoms with Crippen LogP contribution in [0.2, 0.25) is 5.02 Å². The van der Waals surface area contributed by atoms with Crippen molar-refractivity contribution in [2.45, 2.75) is 52.1 Å². The number of para-hydroxylation sites is 1. The van der Waals surface area contributed by atoms with Gasteiger partial charge in [0.25, 0.3) is 0 Å². The summed E-state index contributed by atoms with van der Waals surface area (Å²) in [4.78, 5) is 39.0. The zero-order chi connectivity index (χ0) is 29.5. The van der Waals surface area contributed by atoms with Crippen LogP contribution >= 0.6 is 11.6 Å². The van der Waals surface area contributed by atoms with Crippen LogP contribution in [0.1, 0.15) is 37.8 Å². The molecule has 2 aromatic rings. The fourth-order valence-corrected chi connectivity index (χ4v) is 4.26. The Bertz CT molecular complexity index is 1060. The van der Waals surface area contributed by atoms with Crippen molar-refractivity contribution in [1.29, 1.82) is 0 Å². The lowest BCUT2D eigenvalue weighted by Gasteiger charge is -2.32. The number of hydrogen-bond donors (Lipinski definition) is 4. The largest absolute Gasteiger partial charge is 0.492 e. The number of carbonyl (C=O) groups excluding carboxylic acids is 3. The third-order valence-electron chi connectivity index (χ3n) is 6.85. The number of likely N-dealkylation sites (N-methyl/N-ethyl adjacent to an activating group) is 1. The molecule has 3 atom stereocenters. The molecule has 4 N–H and O–H groups in total. The van der Waals surface area contributed by atoms with E-state index >= 15 is 0 Å². The molecule has 9 nitrogen and oxygen atoms in total. The Morgan fingerprint density at radius 2 is 1.77 bits per heavy atom. The summed E-state index contributed by atoms with van der Waals surface area (Å²) in [6, 6.07) is 13.9. The van der Waals surface area contributed by atoms with E-state index in [2.05, 4.69) is 16.0 Å². The first-order chi connectivity index (χ1) is 19.2. The minimum absolute atomic E-state index is 0.0102. The SMILES string of the molecule is CCC(C)C1NCCOc2ccccc2CCCNC(=O)CNC(=O)C(CO)N(C)C1=O.Cc1ccc(Cl)cc1. The molecule has 10 heteroatoms. The van der Waals surface area contributed by atoms with E-state index in [1.165, 1.54) is 17.5 Å². The zero-order valence-corrected chi connectivity index (χ0v) is 24.7. The number of benzene rings is 2. The van der Waals surface area contributed by atoms with Crippen molar-refractivity contribution in [3.05, 3.63) is 64.7 Å². The molecule has 0 spiro atoms. The van der Waals surface area contributed by atoms with Crippen LogP contribution in [0.15, 0.2) is 48.5 Å². The predicted molar refractivity (Wildman–Crippen MR) is 157 cm³/mol. The smallest absolute Gasteiger partial charge is 0.245 e. The van der Waals surface area contributed by atoms with E-state index in [9.17, 15) is 19.5 Å². The third-order valence-corrected chi connectivity index (χ3v) is 7.10. The molecule has 1 heterocycles. The van der Waals surface area contributed by atoms with Gasteiger partial charge < -0.3 is 30.7 Å². The number of amides is 3. The maximum Gasteiger partial charge on any atom is 0.245 e. The van der Waals surface area contributed by atoms with Gasteiger partial charge in [-0.05, 0) is 49.4 Å². The van der Waals surface area contributed by atoms with Crippen molar-refractivity contribution in [1.82, 2.24) is 20.9 Å². The lowest BCUT2D eigenvalue weighted by molar-refractivity contribution is -0.143. The highest BCUT2D eigenvalue weighted by Crippen LogP contribution is 2.19. The highest BCUT2D eigenvalue weighted by Gasteiger charge is 2.33. The number of rotatable bonds is 3. The van der Waals surface area contributed by atoms with Crippen LogP contribution in [0.3, 0.4) is 0 Å². The van der Waals surface area contributed by atoms with Crippen LogP contribution in [-0.2, 0) is 20.8 Å². The van der Waals surface area contributed by atoms with Crippen molar-refractivity contribution >= 4 is 29.3 Å². The maximum absolute atomic E-state index is 13.2. The number of halogens is 1. The van der Waals surface area contributed by atoms with Gasteiger partial charge in [-0.2, -0.15) is 0 Å². The second-order valence-electron chi connectivity index (χ2n) is 9.89. The first-order valence-corrected chi connectivity index (χ1v) is 14.1. The number of nitrogens with zero attached hydrogens (tertiary/aromatic N) is 1. The van der Waals surface area contributed by atoms with Crippen LogP contribution in [0.5, 0.6) is 5.75 Å². The average Bonchev–Trinajstić information content (AvgIpc) is 2.96. The fourth-order valence-electron chi connectivity index (χ4n) is 4.14. The van der Waals surface area contributed by atoms with Gasteiger partial charge in [0.05, 0.1) is 19.2 Å². The highest BCUT2D eigenvalue weighted by atomic mass is 35.5. The van der Waals surface area contributed by atoms with Gasteiger partial charge >= 0.3 is 0 Å². The van der Waals surface area contributed by atoms with E-state index in [1.54, 1.807) is 0 Å². The van der Waals surface area contributed by atoms with Crippen molar-refractivity contribution in [3.63, 3.8) is 0 Å². The summed E-state index contributed by atoms with van der Waals surface area (Å²) in [6.07, 6.45) is 2.23. The number of carbonyl (C=O) groups is 3. The summed E-state index contributed by atoms with van der Waals surface area (Å²) < 4.78 is 5.96. The Morgan fingerprint density at radius 1 is 1.07 bits per heavy atom. The Hall–Kier alpha value is -3.14. The summed E-state index contributed by atoms with van der Waals surface area (Å²) in [7, 11) is 1.49. The van der Waals surface area contributed by atoms with Gasteiger partial charge in [0, 0.05) is 25.2 Å². The minimum Gasteiger partial charge on any atom is -0.492 e. The quantitative estimate of drug-likeness (QED) is 0.447. The lowest BCUT2D eigenvalue weighted by atomic mass is 9.97. The molecule has 0 aromatic heterocycles. The molecular formula is C30H43ClN4O5. The molecule has 3 unspecified atom stereocenters. The van der Waals surface area contributed by atoms with Crippen LogP contribution in [0, 0.1) is 12.8 Å². The molecular weight excluding hydrogens is 532 g/mol. The highest BCUT2D eigenvalue weighted by molar-refractivity contribution is 6.30. The molecule has 0 bridgehead atoms. The van der Waals surface area contributed by atoms with Crippen LogP contribution < -0.4 is 20.7 Å². The number of aliphatic hydroxyl groups is 1. The van der Waals surface area contributed by atoms with E-state index < -0.39 is 24.6 Å². The third kappa shape index (κ3) is 10.8. The maximum atomic E-state index is 13.2. The van der Waals surface area contributed by atoms with Gasteiger partial charge in [-0.1, -0.05) is 67.8 Å². The molecule has 0 saturated heterocycles. The summed E-state index contributed by atoms with van der Waals surface area (Å²) >= 11 is 5.61. The molecule has 0 radical (unpaired) electrons. The first-order valence-electron chi connectivity index (χ1n) is 13.8. The Morgan fingerprint density at radius 3 is 2.42 bits per heavy atom. The topological polar surface area (TPSA) is 120 Å². The summed E-state index contributed by atoms with van der Waals surface area (Å²) in [5.41, 5.74) is 2.30. The van der Waals surface area contributed by atoms with Crippen molar-refractivity contribution in [2.75, 3.05) is 39.9 Å². The molecule has 220 valence electrons. The number of ether oxygens (including phenoxy) is 1. The Kier molecular flexibility index (Phi) is 14.5. The monoisotopic (exact) mass is 574 g/mol. The van der Waals surface area contributed by atoms with Gasteiger partial charge in [-0.25, -0.2) is 0 Å². The first kappa shape index (κ1) is 33.1. The zero-order valence-electron chi connectivity index (χ0n) is 23.9. The number of nitrogens with one attached hydrogen (secondary N) is 3. The van der Waals surface area contributed by atoms with Crippen LogP contribution in [0.25, 0.3) is 0 Å². The second kappa shape index (κ2) is 17.5. The molecule has 1 aliphatic rings. The number of aliphatic hydroxyl groups excluding tert-OH is 1. The summed E-state index contributed by atoms with van der Waals surface area (Å²) in [6.45, 7) is 6.53. The molecule has 2 aromatic carbocycles. The number of fused-ring (bicyclic) bond motifs is 1. The standard InChI is InChI=1S/C23H36N4O5.C7H7Cl/c1-4-16(2)21-23(31)27(3)18(15-28)22(30)26-14-20(29)24-11-7-9-17-8-5-6-10-19(17)32-13-12-25-21;1-6-2-4-7(8)5-3-6/h5-6,8,10,16,18,21,25,28H,4,7,9,11-15H2,1-3H3,(H,24,29)(H,26,30);2-5H,1H3. The van der Waals surface area contributed by atoms with E-state index in [4.69, 9.17) is 16.3 Å². The van der Waals surface area contributed by atoms with Gasteiger partial charge in [0.2, 0.25) is 17.7 Å².